The van der Waals surface area contributed by atoms with E-state index in [4.69, 9.17) is 4.74 Å². The number of hydrogen-bond acceptors (Lipinski definition) is 4. The second kappa shape index (κ2) is 8.67. The van der Waals surface area contributed by atoms with Gasteiger partial charge in [-0.05, 0) is 54.9 Å². The maximum absolute atomic E-state index is 11.7. The minimum Gasteiger partial charge on any atom is -1.00 e. The molecule has 2 aromatic rings. The zero-order chi connectivity index (χ0) is 18.0. The Morgan fingerprint density at radius 3 is 2.59 bits per heavy atom. The van der Waals surface area contributed by atoms with Crippen LogP contribution in [0.25, 0.3) is 0 Å². The molecular formula is C21H25BrN2O2S. The molecule has 0 saturated heterocycles. The molecule has 0 aromatic heterocycles. The second-order valence-corrected chi connectivity index (χ2v) is 7.81. The molecule has 2 aromatic carbocycles. The summed E-state index contributed by atoms with van der Waals surface area (Å²) >= 11 is 1.85. The Balaban J connectivity index is 0.00000210. The van der Waals surface area contributed by atoms with E-state index in [1.807, 2.05) is 49.0 Å². The lowest BCUT2D eigenvalue weighted by atomic mass is 10.0. The van der Waals surface area contributed by atoms with Crippen molar-refractivity contribution in [2.24, 2.45) is 0 Å². The van der Waals surface area contributed by atoms with E-state index in [9.17, 15) is 5.11 Å². The fourth-order valence-corrected chi connectivity index (χ4v) is 4.87. The van der Waals surface area contributed by atoms with Crippen LogP contribution in [0.4, 0.5) is 0 Å². The molecule has 4 rings (SSSR count). The Labute approximate surface area is 175 Å². The Kier molecular flexibility index (Phi) is 6.50. The average Bonchev–Trinajstić information content (AvgIpc) is 2.96. The summed E-state index contributed by atoms with van der Waals surface area (Å²) in [5.74, 6) is 1.95. The molecule has 0 bridgehead atoms. The van der Waals surface area contributed by atoms with E-state index in [-0.39, 0.29) is 17.0 Å². The van der Waals surface area contributed by atoms with Gasteiger partial charge in [-0.15, -0.1) is 0 Å². The van der Waals surface area contributed by atoms with E-state index in [1.54, 1.807) is 0 Å². The first-order valence-electron chi connectivity index (χ1n) is 9.22. The van der Waals surface area contributed by atoms with Crippen molar-refractivity contribution in [1.29, 1.82) is 0 Å². The lowest BCUT2D eigenvalue weighted by Gasteiger charge is -2.29. The van der Waals surface area contributed by atoms with Crippen molar-refractivity contribution in [3.8, 4) is 5.75 Å². The fourth-order valence-electron chi connectivity index (χ4n) is 3.71. The predicted octanol–water partition coefficient (Wildman–Crippen LogP) is 0.256. The molecule has 0 aliphatic carbocycles. The Hall–Kier alpha value is -1.50. The van der Waals surface area contributed by atoms with Crippen LogP contribution in [0.5, 0.6) is 5.75 Å². The summed E-state index contributed by atoms with van der Waals surface area (Å²) in [7, 11) is 0. The maximum atomic E-state index is 11.7. The lowest BCUT2D eigenvalue weighted by molar-refractivity contribution is -0.532. The first-order chi connectivity index (χ1) is 12.7. The summed E-state index contributed by atoms with van der Waals surface area (Å²) in [6.07, 6.45) is 1.16. The third-order valence-electron chi connectivity index (χ3n) is 4.97. The molecule has 0 radical (unpaired) electrons. The molecule has 0 saturated carbocycles. The lowest BCUT2D eigenvalue weighted by Crippen LogP contribution is -3.00. The van der Waals surface area contributed by atoms with Gasteiger partial charge in [0.05, 0.1) is 13.2 Å². The third kappa shape index (κ3) is 4.03. The molecule has 27 heavy (non-hydrogen) atoms. The average molecular weight is 449 g/mol. The highest BCUT2D eigenvalue weighted by atomic mass is 79.9. The minimum absolute atomic E-state index is 0. The van der Waals surface area contributed by atoms with Gasteiger partial charge in [-0.2, -0.15) is 0 Å². The van der Waals surface area contributed by atoms with Gasteiger partial charge in [-0.1, -0.05) is 30.3 Å². The number of rotatable bonds is 5. The molecule has 2 heterocycles. The van der Waals surface area contributed by atoms with Gasteiger partial charge in [0.1, 0.15) is 12.3 Å². The largest absolute Gasteiger partial charge is 1.00 e. The van der Waals surface area contributed by atoms with Gasteiger partial charge in [0.2, 0.25) is 0 Å². The van der Waals surface area contributed by atoms with Crippen LogP contribution in [-0.4, -0.2) is 45.2 Å². The molecule has 144 valence electrons. The topological polar surface area (TPSA) is 35.7 Å². The van der Waals surface area contributed by atoms with Crippen LogP contribution >= 0.6 is 11.8 Å². The zero-order valence-electron chi connectivity index (χ0n) is 15.5. The van der Waals surface area contributed by atoms with Gasteiger partial charge in [-0.3, -0.25) is 0 Å². The van der Waals surface area contributed by atoms with Crippen LogP contribution in [0.3, 0.4) is 0 Å². The number of amidine groups is 1. The highest BCUT2D eigenvalue weighted by molar-refractivity contribution is 8.13. The summed E-state index contributed by atoms with van der Waals surface area (Å²) in [5, 5.41) is 12.9. The molecule has 1 unspecified atom stereocenters. The SMILES string of the molecule is CCOc1ccc(C2(O)C[N+]3=C(SCCC3)N2Cc2ccccc2)cc1.[Br-]. The number of ether oxygens (including phenoxy) is 1. The van der Waals surface area contributed by atoms with Gasteiger partial charge < -0.3 is 26.8 Å². The Morgan fingerprint density at radius 2 is 1.89 bits per heavy atom. The van der Waals surface area contributed by atoms with E-state index in [2.05, 4.69) is 33.7 Å². The molecule has 2 aliphatic rings. The molecule has 2 aliphatic heterocycles. The number of nitrogens with zero attached hydrogens (tertiary/aromatic N) is 2. The third-order valence-corrected chi connectivity index (χ3v) is 6.20. The van der Waals surface area contributed by atoms with Gasteiger partial charge in [0.15, 0.2) is 6.54 Å². The van der Waals surface area contributed by atoms with Crippen molar-refractivity contribution in [3.05, 3.63) is 65.7 Å². The van der Waals surface area contributed by atoms with Crippen LogP contribution in [0.2, 0.25) is 0 Å². The summed E-state index contributed by atoms with van der Waals surface area (Å²) in [5.41, 5.74) is 1.10. The van der Waals surface area contributed by atoms with Gasteiger partial charge >= 0.3 is 5.17 Å². The van der Waals surface area contributed by atoms with Crippen molar-refractivity contribution in [3.63, 3.8) is 0 Å². The molecule has 1 N–H and O–H groups in total. The summed E-state index contributed by atoms with van der Waals surface area (Å²) in [4.78, 5) is 2.17. The van der Waals surface area contributed by atoms with Crippen LogP contribution in [0.15, 0.2) is 54.6 Å². The molecule has 1 atom stereocenters. The molecular weight excluding hydrogens is 424 g/mol. The number of hydrogen-bond donors (Lipinski definition) is 1. The number of halogens is 1. The monoisotopic (exact) mass is 448 g/mol. The summed E-state index contributed by atoms with van der Waals surface area (Å²) in [6.45, 7) is 4.93. The summed E-state index contributed by atoms with van der Waals surface area (Å²) in [6, 6.07) is 18.3. The second-order valence-electron chi connectivity index (χ2n) is 6.75. The molecule has 6 heteroatoms. The highest BCUT2D eigenvalue weighted by Crippen LogP contribution is 2.37. The molecule has 0 spiro atoms. The van der Waals surface area contributed by atoms with E-state index in [0.717, 1.165) is 30.0 Å². The van der Waals surface area contributed by atoms with Crippen LogP contribution in [0, 0.1) is 0 Å². The standard InChI is InChI=1S/C21H25N2O2S.BrH/c1-2-25-19-11-9-18(10-12-19)21(24)16-22-13-6-14-26-20(22)23(21)15-17-7-4-3-5-8-17;/h3-5,7-12,24H,2,6,13-16H2,1H3;1H/q+1;/p-1. The van der Waals surface area contributed by atoms with Gasteiger partial charge in [-0.25, -0.2) is 9.48 Å². The van der Waals surface area contributed by atoms with Crippen LogP contribution in [0.1, 0.15) is 24.5 Å². The summed E-state index contributed by atoms with van der Waals surface area (Å²) < 4.78 is 7.89. The van der Waals surface area contributed by atoms with Gasteiger partial charge in [0.25, 0.3) is 5.72 Å². The first kappa shape index (κ1) is 20.2. The van der Waals surface area contributed by atoms with E-state index in [0.29, 0.717) is 19.7 Å². The van der Waals surface area contributed by atoms with Crippen molar-refractivity contribution >= 4 is 16.9 Å². The Bertz CT molecular complexity index is 798. The minimum atomic E-state index is -1.02. The van der Waals surface area contributed by atoms with E-state index >= 15 is 0 Å². The van der Waals surface area contributed by atoms with E-state index in [1.165, 1.54) is 10.7 Å². The quantitative estimate of drug-likeness (QED) is 0.665. The van der Waals surface area contributed by atoms with Crippen LogP contribution < -0.4 is 21.7 Å². The van der Waals surface area contributed by atoms with Crippen LogP contribution in [-0.2, 0) is 12.3 Å². The molecule has 0 fully saturated rings. The first-order valence-corrected chi connectivity index (χ1v) is 10.2. The van der Waals surface area contributed by atoms with Crippen molar-refractivity contribution in [1.82, 2.24) is 4.90 Å². The van der Waals surface area contributed by atoms with Crippen molar-refractivity contribution in [2.75, 3.05) is 25.4 Å². The number of aliphatic hydroxyl groups is 1. The molecule has 4 nitrogen and oxygen atoms in total. The maximum Gasteiger partial charge on any atom is 0.311 e. The van der Waals surface area contributed by atoms with Gasteiger partial charge in [0, 0.05) is 11.3 Å². The highest BCUT2D eigenvalue weighted by Gasteiger charge is 2.53. The van der Waals surface area contributed by atoms with Crippen molar-refractivity contribution < 1.29 is 31.4 Å². The van der Waals surface area contributed by atoms with E-state index < -0.39 is 5.72 Å². The van der Waals surface area contributed by atoms with Crippen molar-refractivity contribution in [2.45, 2.75) is 25.6 Å². The smallest absolute Gasteiger partial charge is 0.311 e. The molecule has 0 amide bonds. The zero-order valence-corrected chi connectivity index (χ0v) is 17.9. The predicted molar refractivity (Wildman–Crippen MR) is 106 cm³/mol. The number of benzene rings is 2. The fraction of sp³-hybridized carbons (Fsp3) is 0.381. The normalized spacial score (nSPS) is 21.6. The number of thioether (sulfide) groups is 1. The Morgan fingerprint density at radius 1 is 1.15 bits per heavy atom.